The Balaban J connectivity index is 1.79. The van der Waals surface area contributed by atoms with Gasteiger partial charge in [-0.05, 0) is 41.5 Å². The number of rotatable bonds is 3. The van der Waals surface area contributed by atoms with E-state index in [1.165, 1.54) is 6.21 Å². The van der Waals surface area contributed by atoms with Gasteiger partial charge in [0.25, 0.3) is 0 Å². The Morgan fingerprint density at radius 3 is 2.35 bits per heavy atom. The summed E-state index contributed by atoms with van der Waals surface area (Å²) in [7, 11) is 0. The van der Waals surface area contributed by atoms with E-state index in [9.17, 15) is 4.79 Å². The molecule has 1 unspecified atom stereocenters. The smallest absolute Gasteiger partial charge is 0.204 e. The Bertz CT molecular complexity index is 984. The first-order valence-electron chi connectivity index (χ1n) is 8.11. The van der Waals surface area contributed by atoms with Gasteiger partial charge < -0.3 is 0 Å². The van der Waals surface area contributed by atoms with Crippen molar-refractivity contribution >= 4 is 45.2 Å². The predicted molar refractivity (Wildman–Crippen MR) is 110 cm³/mol. The minimum atomic E-state index is -0.483. The predicted octanol–water partition coefficient (Wildman–Crippen LogP) is 5.89. The van der Waals surface area contributed by atoms with E-state index in [0.717, 1.165) is 26.9 Å². The molecular weight excluding hydrogens is 412 g/mol. The first-order valence-corrected chi connectivity index (χ1v) is 9.28. The lowest BCUT2D eigenvalue weighted by Crippen LogP contribution is -2.24. The zero-order chi connectivity index (χ0) is 18.1. The van der Waals surface area contributed by atoms with E-state index in [0.29, 0.717) is 5.02 Å². The van der Waals surface area contributed by atoms with Crippen LogP contribution in [0.1, 0.15) is 11.6 Å². The molecule has 1 atom stereocenters. The number of nitrogens with zero attached hydrogens (tertiary/aromatic N) is 2. The highest BCUT2D eigenvalue weighted by Gasteiger charge is 2.32. The molecule has 3 aromatic carbocycles. The molecule has 0 radical (unpaired) electrons. The summed E-state index contributed by atoms with van der Waals surface area (Å²) >= 11 is 9.46. The fourth-order valence-corrected chi connectivity index (χ4v) is 3.47. The van der Waals surface area contributed by atoms with E-state index in [1.54, 1.807) is 17.1 Å². The fraction of sp³-hybridized carbons (Fsp3) is 0.0476. The van der Waals surface area contributed by atoms with E-state index in [2.05, 4.69) is 21.0 Å². The van der Waals surface area contributed by atoms with Crippen LogP contribution >= 0.6 is 27.5 Å². The fourth-order valence-electron chi connectivity index (χ4n) is 3.08. The molecule has 0 spiro atoms. The van der Waals surface area contributed by atoms with Crippen LogP contribution in [-0.4, -0.2) is 12.0 Å². The minimum Gasteiger partial charge on any atom is -0.290 e. The van der Waals surface area contributed by atoms with Gasteiger partial charge in [0, 0.05) is 15.1 Å². The van der Waals surface area contributed by atoms with Gasteiger partial charge in [-0.3, -0.25) is 4.79 Å². The third-order valence-electron chi connectivity index (χ3n) is 4.32. The molecule has 128 valence electrons. The molecule has 1 aliphatic heterocycles. The van der Waals surface area contributed by atoms with Crippen molar-refractivity contribution in [1.29, 1.82) is 0 Å². The minimum absolute atomic E-state index is 0.0436. The quantitative estimate of drug-likeness (QED) is 0.524. The Morgan fingerprint density at radius 1 is 0.923 bits per heavy atom. The summed E-state index contributed by atoms with van der Waals surface area (Å²) in [4.78, 5) is 12.5. The topological polar surface area (TPSA) is 32.7 Å². The lowest BCUT2D eigenvalue weighted by atomic mass is 10.00. The van der Waals surface area contributed by atoms with Crippen molar-refractivity contribution in [3.05, 3.63) is 87.9 Å². The summed E-state index contributed by atoms with van der Waals surface area (Å²) < 4.78 is 1.02. The maximum atomic E-state index is 12.5. The van der Waals surface area contributed by atoms with E-state index in [-0.39, 0.29) is 5.78 Å². The molecule has 26 heavy (non-hydrogen) atoms. The summed E-state index contributed by atoms with van der Waals surface area (Å²) in [5.41, 5.74) is 3.83. The van der Waals surface area contributed by atoms with Crippen molar-refractivity contribution in [2.24, 2.45) is 5.10 Å². The molecule has 1 aliphatic rings. The SMILES string of the molecule is O=C1C=NN(c2ccccc2-c2ccc(Br)cc2)C1c1ccc(Cl)cc1. The van der Waals surface area contributed by atoms with Gasteiger partial charge in [0.05, 0.1) is 11.9 Å². The molecule has 0 saturated carbocycles. The molecule has 1 heterocycles. The highest BCUT2D eigenvalue weighted by Crippen LogP contribution is 2.38. The van der Waals surface area contributed by atoms with Crippen molar-refractivity contribution in [2.45, 2.75) is 6.04 Å². The molecule has 0 fully saturated rings. The number of hydrazone groups is 1. The molecule has 3 aromatic rings. The molecule has 0 N–H and O–H groups in total. The molecule has 0 amide bonds. The van der Waals surface area contributed by atoms with Crippen molar-refractivity contribution < 1.29 is 4.79 Å². The Kier molecular flexibility index (Phi) is 4.62. The van der Waals surface area contributed by atoms with Gasteiger partial charge in [-0.2, -0.15) is 5.10 Å². The number of carbonyl (C=O) groups is 1. The van der Waals surface area contributed by atoms with Crippen LogP contribution in [0, 0.1) is 0 Å². The van der Waals surface area contributed by atoms with Crippen molar-refractivity contribution in [3.8, 4) is 11.1 Å². The number of para-hydroxylation sites is 1. The molecule has 5 heteroatoms. The zero-order valence-corrected chi connectivity index (χ0v) is 16.0. The van der Waals surface area contributed by atoms with Crippen molar-refractivity contribution in [3.63, 3.8) is 0 Å². The summed E-state index contributed by atoms with van der Waals surface area (Å²) in [5.74, 6) is -0.0436. The first kappa shape index (κ1) is 17.0. The van der Waals surface area contributed by atoms with E-state index < -0.39 is 6.04 Å². The van der Waals surface area contributed by atoms with Crippen LogP contribution in [0.25, 0.3) is 11.1 Å². The van der Waals surface area contributed by atoms with Crippen molar-refractivity contribution in [2.75, 3.05) is 5.01 Å². The molecule has 0 aromatic heterocycles. The number of anilines is 1. The van der Waals surface area contributed by atoms with Crippen LogP contribution in [-0.2, 0) is 4.79 Å². The second-order valence-electron chi connectivity index (χ2n) is 5.97. The molecular formula is C21H14BrClN2O. The molecule has 3 nitrogen and oxygen atoms in total. The number of carbonyl (C=O) groups excluding carboxylic acids is 1. The van der Waals surface area contributed by atoms with Crippen LogP contribution in [0.3, 0.4) is 0 Å². The first-order chi connectivity index (χ1) is 12.6. The van der Waals surface area contributed by atoms with Gasteiger partial charge >= 0.3 is 0 Å². The average Bonchev–Trinajstić information content (AvgIpc) is 3.04. The summed E-state index contributed by atoms with van der Waals surface area (Å²) in [5, 5.41) is 6.81. The van der Waals surface area contributed by atoms with E-state index >= 15 is 0 Å². The summed E-state index contributed by atoms with van der Waals surface area (Å²) in [6.07, 6.45) is 1.39. The summed E-state index contributed by atoms with van der Waals surface area (Å²) in [6, 6.07) is 22.9. The van der Waals surface area contributed by atoms with Gasteiger partial charge in [0.1, 0.15) is 6.04 Å². The maximum absolute atomic E-state index is 12.5. The monoisotopic (exact) mass is 424 g/mol. The second-order valence-corrected chi connectivity index (χ2v) is 7.32. The zero-order valence-electron chi connectivity index (χ0n) is 13.6. The molecule has 0 aliphatic carbocycles. The largest absolute Gasteiger partial charge is 0.290 e. The van der Waals surface area contributed by atoms with Crippen LogP contribution in [0.2, 0.25) is 5.02 Å². The van der Waals surface area contributed by atoms with Gasteiger partial charge in [-0.15, -0.1) is 0 Å². The third-order valence-corrected chi connectivity index (χ3v) is 5.10. The maximum Gasteiger partial charge on any atom is 0.204 e. The van der Waals surface area contributed by atoms with Crippen LogP contribution in [0.4, 0.5) is 5.69 Å². The second kappa shape index (κ2) is 7.06. The Morgan fingerprint density at radius 2 is 1.62 bits per heavy atom. The number of Topliss-reactive ketones (excluding diaryl/α,β-unsaturated/α-hetero) is 1. The molecule has 4 rings (SSSR count). The number of halogens is 2. The highest BCUT2D eigenvalue weighted by atomic mass is 79.9. The van der Waals surface area contributed by atoms with E-state index in [4.69, 9.17) is 11.6 Å². The Labute approximate surface area is 165 Å². The third kappa shape index (κ3) is 3.18. The number of benzene rings is 3. The van der Waals surface area contributed by atoms with Gasteiger partial charge in [-0.1, -0.05) is 70.0 Å². The summed E-state index contributed by atoms with van der Waals surface area (Å²) in [6.45, 7) is 0. The van der Waals surface area contributed by atoms with Crippen molar-refractivity contribution in [1.82, 2.24) is 0 Å². The number of ketones is 1. The lowest BCUT2D eigenvalue weighted by molar-refractivity contribution is -0.113. The normalized spacial score (nSPS) is 16.3. The van der Waals surface area contributed by atoms with Crippen LogP contribution in [0.15, 0.2) is 82.4 Å². The van der Waals surface area contributed by atoms with Gasteiger partial charge in [0.15, 0.2) is 0 Å². The number of hydrogen-bond acceptors (Lipinski definition) is 3. The van der Waals surface area contributed by atoms with Crippen LogP contribution in [0.5, 0.6) is 0 Å². The highest BCUT2D eigenvalue weighted by molar-refractivity contribution is 9.10. The number of hydrogen-bond donors (Lipinski definition) is 0. The Hall–Kier alpha value is -2.43. The van der Waals surface area contributed by atoms with E-state index in [1.807, 2.05) is 60.7 Å². The van der Waals surface area contributed by atoms with Crippen LogP contribution < -0.4 is 5.01 Å². The standard InChI is InChI=1S/C21H14BrClN2O/c22-16-9-5-14(6-10-16)18-3-1-2-4-19(18)25-21(20(26)13-24-25)15-7-11-17(23)12-8-15/h1-13,21H. The lowest BCUT2D eigenvalue weighted by Gasteiger charge is -2.25. The molecule has 0 bridgehead atoms. The average molecular weight is 426 g/mol. The van der Waals surface area contributed by atoms with Gasteiger partial charge in [0.2, 0.25) is 5.78 Å². The molecule has 0 saturated heterocycles. The van der Waals surface area contributed by atoms with Gasteiger partial charge in [-0.25, -0.2) is 5.01 Å².